The summed E-state index contributed by atoms with van der Waals surface area (Å²) in [6.07, 6.45) is 3.94. The Labute approximate surface area is 184 Å². The summed E-state index contributed by atoms with van der Waals surface area (Å²) in [5, 5.41) is 15.7. The zero-order chi connectivity index (χ0) is 22.5. The number of hydrogen-bond donors (Lipinski definition) is 3. The van der Waals surface area contributed by atoms with Crippen LogP contribution in [0.2, 0.25) is 5.02 Å². The maximum atomic E-state index is 14.4. The number of pyridine rings is 2. The van der Waals surface area contributed by atoms with Crippen molar-refractivity contribution in [1.29, 1.82) is 0 Å². The van der Waals surface area contributed by atoms with Gasteiger partial charge in [0.1, 0.15) is 5.82 Å². The highest BCUT2D eigenvalue weighted by Crippen LogP contribution is 2.33. The molecule has 7 nitrogen and oxygen atoms in total. The number of rotatable bonds is 7. The molecule has 9 heteroatoms. The van der Waals surface area contributed by atoms with Crippen LogP contribution >= 0.6 is 11.6 Å². The molecule has 2 heterocycles. The van der Waals surface area contributed by atoms with Crippen LogP contribution in [0.15, 0.2) is 48.9 Å². The smallest absolute Gasteiger partial charge is 0.255 e. The fraction of sp³-hybridized carbons (Fsp3) is 0.227. The predicted octanol–water partition coefficient (Wildman–Crippen LogP) is 3.86. The number of aliphatic hydroxyl groups excluding tert-OH is 1. The second kappa shape index (κ2) is 9.72. The third kappa shape index (κ3) is 5.48. The number of halogens is 2. The molecule has 0 saturated heterocycles. The molecule has 31 heavy (non-hydrogen) atoms. The Morgan fingerprint density at radius 2 is 2.00 bits per heavy atom. The van der Waals surface area contributed by atoms with Gasteiger partial charge >= 0.3 is 0 Å². The molecule has 0 aliphatic carbocycles. The van der Waals surface area contributed by atoms with Gasteiger partial charge in [-0.05, 0) is 37.3 Å². The summed E-state index contributed by atoms with van der Waals surface area (Å²) in [4.78, 5) is 22.8. The van der Waals surface area contributed by atoms with Crippen molar-refractivity contribution >= 4 is 34.6 Å². The Balaban J connectivity index is 2.01. The monoisotopic (exact) mass is 443 g/mol. The lowest BCUT2D eigenvalue weighted by atomic mass is 10.1. The molecule has 162 valence electrons. The normalized spacial score (nSPS) is 11.7. The van der Waals surface area contributed by atoms with Gasteiger partial charge in [-0.25, -0.2) is 4.39 Å². The van der Waals surface area contributed by atoms with Crippen molar-refractivity contribution in [3.8, 4) is 11.3 Å². The van der Waals surface area contributed by atoms with Crippen LogP contribution < -0.4 is 15.5 Å². The maximum Gasteiger partial charge on any atom is 0.255 e. The zero-order valence-electron chi connectivity index (χ0n) is 17.4. The summed E-state index contributed by atoms with van der Waals surface area (Å²) in [5.41, 5.74) is 2.82. The van der Waals surface area contributed by atoms with E-state index in [0.29, 0.717) is 27.7 Å². The van der Waals surface area contributed by atoms with Gasteiger partial charge in [0.05, 0.1) is 40.6 Å². The van der Waals surface area contributed by atoms with E-state index in [1.165, 1.54) is 24.4 Å². The molecule has 0 saturated carbocycles. The SMILES string of the molecule is CC(O)CNC(=O)c1cnccc1Nc1cc(-c2cc(Cl)ccc2F)ncc1N(C)C. The number of carbonyl (C=O) groups is 1. The fourth-order valence-electron chi connectivity index (χ4n) is 2.91. The molecule has 1 aromatic carbocycles. The van der Waals surface area contributed by atoms with Crippen LogP contribution in [0.1, 0.15) is 17.3 Å². The number of carbonyl (C=O) groups excluding carboxylic acids is 1. The third-order valence-corrected chi connectivity index (χ3v) is 4.70. The molecule has 1 amide bonds. The van der Waals surface area contributed by atoms with Crippen LogP contribution in [0.5, 0.6) is 0 Å². The molecule has 3 aromatic rings. The van der Waals surface area contributed by atoms with E-state index < -0.39 is 11.9 Å². The number of aromatic nitrogens is 2. The molecular weight excluding hydrogens is 421 g/mol. The lowest BCUT2D eigenvalue weighted by molar-refractivity contribution is 0.0924. The number of hydrogen-bond acceptors (Lipinski definition) is 6. The predicted molar refractivity (Wildman–Crippen MR) is 121 cm³/mol. The van der Waals surface area contributed by atoms with E-state index in [9.17, 15) is 14.3 Å². The van der Waals surface area contributed by atoms with E-state index in [2.05, 4.69) is 20.6 Å². The van der Waals surface area contributed by atoms with Crippen molar-refractivity contribution in [3.63, 3.8) is 0 Å². The lowest BCUT2D eigenvalue weighted by Gasteiger charge is -2.20. The fourth-order valence-corrected chi connectivity index (χ4v) is 3.08. The molecular formula is C22H23ClFN5O2. The molecule has 3 rings (SSSR count). The standard InChI is InChI=1S/C22H23ClFN5O2/c1-13(30)10-27-22(31)16-11-25-7-6-18(16)28-20-9-19(26-12-21(20)29(2)3)15-8-14(23)4-5-17(15)24/h4-9,11-13,30H,10H2,1-3H3,(H,27,31)(H,25,26,28). The van der Waals surface area contributed by atoms with Crippen LogP contribution in [0.4, 0.5) is 21.5 Å². The van der Waals surface area contributed by atoms with E-state index in [4.69, 9.17) is 11.6 Å². The van der Waals surface area contributed by atoms with Gasteiger partial charge in [0.25, 0.3) is 5.91 Å². The molecule has 1 unspecified atom stereocenters. The summed E-state index contributed by atoms with van der Waals surface area (Å²) in [6.45, 7) is 1.70. The summed E-state index contributed by atoms with van der Waals surface area (Å²) in [6, 6.07) is 7.64. The molecule has 0 bridgehead atoms. The molecule has 0 fully saturated rings. The average molecular weight is 444 g/mol. The Hall–Kier alpha value is -3.23. The molecule has 0 aliphatic rings. The van der Waals surface area contributed by atoms with Crippen molar-refractivity contribution < 1.29 is 14.3 Å². The first-order valence-corrected chi connectivity index (χ1v) is 9.94. The van der Waals surface area contributed by atoms with Crippen LogP contribution in [0.25, 0.3) is 11.3 Å². The van der Waals surface area contributed by atoms with Crippen molar-refractivity contribution in [2.75, 3.05) is 30.9 Å². The van der Waals surface area contributed by atoms with Crippen LogP contribution in [-0.4, -0.2) is 47.7 Å². The first-order chi connectivity index (χ1) is 14.8. The van der Waals surface area contributed by atoms with Crippen molar-refractivity contribution in [2.45, 2.75) is 13.0 Å². The van der Waals surface area contributed by atoms with Gasteiger partial charge in [-0.15, -0.1) is 0 Å². The second-order valence-electron chi connectivity index (χ2n) is 7.21. The molecule has 0 spiro atoms. The first-order valence-electron chi connectivity index (χ1n) is 9.56. The highest BCUT2D eigenvalue weighted by Gasteiger charge is 2.16. The summed E-state index contributed by atoms with van der Waals surface area (Å²) in [7, 11) is 3.70. The number of nitrogens with one attached hydrogen (secondary N) is 2. The number of aliphatic hydroxyl groups is 1. The average Bonchev–Trinajstić information content (AvgIpc) is 2.74. The Kier molecular flexibility index (Phi) is 7.04. The van der Waals surface area contributed by atoms with Crippen LogP contribution in [-0.2, 0) is 0 Å². The van der Waals surface area contributed by atoms with Crippen LogP contribution in [0.3, 0.4) is 0 Å². The maximum absolute atomic E-state index is 14.4. The number of nitrogens with zero attached hydrogens (tertiary/aromatic N) is 3. The van der Waals surface area contributed by atoms with Crippen molar-refractivity contribution in [3.05, 3.63) is 65.3 Å². The lowest BCUT2D eigenvalue weighted by Crippen LogP contribution is -2.31. The second-order valence-corrected chi connectivity index (χ2v) is 7.65. The van der Waals surface area contributed by atoms with Gasteiger partial charge in [-0.2, -0.15) is 0 Å². The number of benzene rings is 1. The minimum atomic E-state index is -0.673. The molecule has 0 radical (unpaired) electrons. The van der Waals surface area contributed by atoms with Crippen molar-refractivity contribution in [1.82, 2.24) is 15.3 Å². The summed E-state index contributed by atoms with van der Waals surface area (Å²) in [5.74, 6) is -0.819. The Morgan fingerprint density at radius 1 is 1.23 bits per heavy atom. The van der Waals surface area contributed by atoms with Gasteiger partial charge < -0.3 is 20.6 Å². The van der Waals surface area contributed by atoms with Gasteiger partial charge in [0, 0.05) is 43.6 Å². The highest BCUT2D eigenvalue weighted by molar-refractivity contribution is 6.30. The van der Waals surface area contributed by atoms with Crippen molar-refractivity contribution in [2.24, 2.45) is 0 Å². The molecule has 2 aromatic heterocycles. The van der Waals surface area contributed by atoms with E-state index in [1.807, 2.05) is 19.0 Å². The molecule has 3 N–H and O–H groups in total. The summed E-state index contributed by atoms with van der Waals surface area (Å²) >= 11 is 6.04. The quantitative estimate of drug-likeness (QED) is 0.513. The van der Waals surface area contributed by atoms with Gasteiger partial charge in [0.15, 0.2) is 0 Å². The number of anilines is 3. The van der Waals surface area contributed by atoms with E-state index in [0.717, 1.165) is 5.69 Å². The molecule has 0 aliphatic heterocycles. The minimum Gasteiger partial charge on any atom is -0.392 e. The van der Waals surface area contributed by atoms with E-state index in [-0.39, 0.29) is 18.0 Å². The summed E-state index contributed by atoms with van der Waals surface area (Å²) < 4.78 is 14.4. The highest BCUT2D eigenvalue weighted by atomic mass is 35.5. The largest absolute Gasteiger partial charge is 0.392 e. The minimum absolute atomic E-state index is 0.115. The number of amides is 1. The van der Waals surface area contributed by atoms with Gasteiger partial charge in [-0.3, -0.25) is 14.8 Å². The van der Waals surface area contributed by atoms with E-state index in [1.54, 1.807) is 31.5 Å². The third-order valence-electron chi connectivity index (χ3n) is 4.46. The van der Waals surface area contributed by atoms with E-state index >= 15 is 0 Å². The molecule has 1 atom stereocenters. The first kappa shape index (κ1) is 22.5. The van der Waals surface area contributed by atoms with Crippen LogP contribution in [0, 0.1) is 5.82 Å². The Morgan fingerprint density at radius 3 is 2.71 bits per heavy atom. The Bertz CT molecular complexity index is 1090. The van der Waals surface area contributed by atoms with Gasteiger partial charge in [-0.1, -0.05) is 11.6 Å². The zero-order valence-corrected chi connectivity index (χ0v) is 18.1. The topological polar surface area (TPSA) is 90.4 Å². The van der Waals surface area contributed by atoms with Gasteiger partial charge in [0.2, 0.25) is 0 Å².